The van der Waals surface area contributed by atoms with Crippen LogP contribution in [0.25, 0.3) is 0 Å². The van der Waals surface area contributed by atoms with Crippen LogP contribution in [-0.2, 0) is 22.6 Å². The number of benzene rings is 2. The monoisotopic (exact) mass is 478 g/mol. The summed E-state index contributed by atoms with van der Waals surface area (Å²) >= 11 is 0. The predicted molar refractivity (Wildman–Crippen MR) is 132 cm³/mol. The van der Waals surface area contributed by atoms with E-state index < -0.39 is 0 Å². The van der Waals surface area contributed by atoms with E-state index >= 15 is 0 Å². The number of hydrogen-bond acceptors (Lipinski definition) is 6. The van der Waals surface area contributed by atoms with Crippen molar-refractivity contribution in [3.05, 3.63) is 53.1 Å². The van der Waals surface area contributed by atoms with Crippen LogP contribution in [0.4, 0.5) is 0 Å². The quantitative estimate of drug-likeness (QED) is 0.475. The molecule has 2 amide bonds. The molecule has 1 saturated carbocycles. The van der Waals surface area contributed by atoms with Crippen molar-refractivity contribution in [2.75, 3.05) is 26.9 Å². The number of likely N-dealkylation sites (tertiary alicyclic amines) is 1. The molecule has 7 nitrogen and oxygen atoms in total. The molecule has 1 aliphatic carbocycles. The molecule has 0 aromatic heterocycles. The molecule has 35 heavy (non-hydrogen) atoms. The fourth-order valence-corrected chi connectivity index (χ4v) is 5.22. The summed E-state index contributed by atoms with van der Waals surface area (Å²) in [6.07, 6.45) is 5.31. The first kappa shape index (κ1) is 23.7. The molecule has 2 aromatic rings. The van der Waals surface area contributed by atoms with Crippen molar-refractivity contribution in [2.24, 2.45) is 0 Å². The van der Waals surface area contributed by atoms with Crippen LogP contribution in [0.3, 0.4) is 0 Å². The third kappa shape index (κ3) is 5.01. The molecule has 3 aliphatic rings. The summed E-state index contributed by atoms with van der Waals surface area (Å²) < 4.78 is 17.2. The highest BCUT2D eigenvalue weighted by atomic mass is 16.5. The standard InChI is InChI=1S/C28H34N2O5/c1-19(21-7-9-24-22(17-21)12-14-34-24)30(23-4-3-5-23)18-20-6-8-25(26(16-20)33-2)35-15-13-29-27(31)10-11-28(29)32/h6-9,16-17,19,23H,3-5,10-15,18H2,1-2H3. The minimum atomic E-state index is -0.123. The van der Waals surface area contributed by atoms with Gasteiger partial charge in [-0.3, -0.25) is 19.4 Å². The molecule has 2 aromatic carbocycles. The van der Waals surface area contributed by atoms with E-state index in [4.69, 9.17) is 14.2 Å². The maximum absolute atomic E-state index is 11.8. The van der Waals surface area contributed by atoms with Gasteiger partial charge in [0.15, 0.2) is 11.5 Å². The van der Waals surface area contributed by atoms with Crippen molar-refractivity contribution in [1.29, 1.82) is 0 Å². The molecule has 2 fully saturated rings. The SMILES string of the molecule is COc1cc(CN(C2CCC2)C(C)c2ccc3c(c2)CCO3)ccc1OCCN1C(=O)CCC1=O. The van der Waals surface area contributed by atoms with Gasteiger partial charge in [-0.25, -0.2) is 0 Å². The molecule has 2 heterocycles. The molecule has 7 heteroatoms. The predicted octanol–water partition coefficient (Wildman–Crippen LogP) is 4.27. The number of amides is 2. The van der Waals surface area contributed by atoms with E-state index in [0.717, 1.165) is 25.3 Å². The maximum Gasteiger partial charge on any atom is 0.229 e. The minimum Gasteiger partial charge on any atom is -0.493 e. The van der Waals surface area contributed by atoms with E-state index in [2.05, 4.69) is 36.1 Å². The molecule has 0 spiro atoms. The van der Waals surface area contributed by atoms with Gasteiger partial charge in [0.1, 0.15) is 12.4 Å². The lowest BCUT2D eigenvalue weighted by molar-refractivity contribution is -0.138. The lowest BCUT2D eigenvalue weighted by Crippen LogP contribution is -2.41. The van der Waals surface area contributed by atoms with E-state index in [-0.39, 0.29) is 25.0 Å². The highest BCUT2D eigenvalue weighted by Gasteiger charge is 2.31. The summed E-state index contributed by atoms with van der Waals surface area (Å²) in [6, 6.07) is 13.6. The van der Waals surface area contributed by atoms with Crippen molar-refractivity contribution in [2.45, 2.75) is 64.1 Å². The minimum absolute atomic E-state index is 0.123. The Kier molecular flexibility index (Phi) is 6.95. The van der Waals surface area contributed by atoms with Gasteiger partial charge >= 0.3 is 0 Å². The third-order valence-corrected chi connectivity index (χ3v) is 7.56. The first-order chi connectivity index (χ1) is 17.0. The van der Waals surface area contributed by atoms with E-state index in [1.807, 2.05) is 12.1 Å². The second kappa shape index (κ2) is 10.3. The van der Waals surface area contributed by atoms with Crippen molar-refractivity contribution < 1.29 is 23.8 Å². The van der Waals surface area contributed by atoms with Gasteiger partial charge < -0.3 is 14.2 Å². The van der Waals surface area contributed by atoms with Crippen LogP contribution in [0.2, 0.25) is 0 Å². The van der Waals surface area contributed by atoms with Crippen molar-refractivity contribution >= 4 is 11.8 Å². The van der Waals surface area contributed by atoms with Gasteiger partial charge in [0.25, 0.3) is 0 Å². The van der Waals surface area contributed by atoms with Crippen molar-refractivity contribution in [3.8, 4) is 17.2 Å². The lowest BCUT2D eigenvalue weighted by atomic mass is 9.88. The number of methoxy groups -OCH3 is 1. The number of nitrogens with zero attached hydrogens (tertiary/aromatic N) is 2. The van der Waals surface area contributed by atoms with Crippen LogP contribution in [0.1, 0.15) is 61.8 Å². The Morgan fingerprint density at radius 2 is 1.86 bits per heavy atom. The molecule has 0 radical (unpaired) electrons. The summed E-state index contributed by atoms with van der Waals surface area (Å²) in [5.41, 5.74) is 3.81. The number of carbonyl (C=O) groups is 2. The first-order valence-corrected chi connectivity index (χ1v) is 12.7. The normalized spacial score (nSPS) is 18.4. The van der Waals surface area contributed by atoms with Crippen LogP contribution >= 0.6 is 0 Å². The topological polar surface area (TPSA) is 68.3 Å². The molecule has 1 unspecified atom stereocenters. The third-order valence-electron chi connectivity index (χ3n) is 7.56. The molecule has 1 saturated heterocycles. The van der Waals surface area contributed by atoms with Crippen LogP contribution in [-0.4, -0.2) is 54.5 Å². The van der Waals surface area contributed by atoms with Gasteiger partial charge in [0.05, 0.1) is 20.3 Å². The van der Waals surface area contributed by atoms with Gasteiger partial charge in [-0.2, -0.15) is 0 Å². The molecule has 0 N–H and O–H groups in total. The van der Waals surface area contributed by atoms with Gasteiger partial charge in [-0.15, -0.1) is 0 Å². The second-order valence-corrected chi connectivity index (χ2v) is 9.67. The maximum atomic E-state index is 11.8. The fourth-order valence-electron chi connectivity index (χ4n) is 5.22. The number of imide groups is 1. The summed E-state index contributed by atoms with van der Waals surface area (Å²) in [6.45, 7) is 4.42. The number of rotatable bonds is 10. The van der Waals surface area contributed by atoms with E-state index in [9.17, 15) is 9.59 Å². The molecule has 186 valence electrons. The van der Waals surface area contributed by atoms with Crippen LogP contribution < -0.4 is 14.2 Å². The molecule has 2 aliphatic heterocycles. The Morgan fingerprint density at radius 3 is 2.57 bits per heavy atom. The number of hydrogen-bond donors (Lipinski definition) is 0. The van der Waals surface area contributed by atoms with Gasteiger partial charge in [0.2, 0.25) is 11.8 Å². The summed E-state index contributed by atoms with van der Waals surface area (Å²) in [7, 11) is 1.64. The van der Waals surface area contributed by atoms with Gasteiger partial charge in [0, 0.05) is 37.9 Å². The molecule has 1 atom stereocenters. The van der Waals surface area contributed by atoms with Crippen molar-refractivity contribution in [1.82, 2.24) is 9.80 Å². The summed E-state index contributed by atoms with van der Waals surface area (Å²) in [5.74, 6) is 2.06. The Bertz CT molecular complexity index is 1080. The number of ether oxygens (including phenoxy) is 3. The van der Waals surface area contributed by atoms with Gasteiger partial charge in [-0.05, 0) is 54.7 Å². The average molecular weight is 479 g/mol. The highest BCUT2D eigenvalue weighted by Crippen LogP contribution is 2.37. The summed E-state index contributed by atoms with van der Waals surface area (Å²) in [4.78, 5) is 27.5. The highest BCUT2D eigenvalue weighted by molar-refractivity contribution is 6.01. The Morgan fingerprint density at radius 1 is 1.06 bits per heavy atom. The first-order valence-electron chi connectivity index (χ1n) is 12.7. The Balaban J connectivity index is 1.27. The van der Waals surface area contributed by atoms with Crippen LogP contribution in [0, 0.1) is 0 Å². The smallest absolute Gasteiger partial charge is 0.229 e. The van der Waals surface area contributed by atoms with Crippen LogP contribution in [0.5, 0.6) is 17.2 Å². The molecular formula is C28H34N2O5. The van der Waals surface area contributed by atoms with Gasteiger partial charge in [-0.1, -0.05) is 24.6 Å². The van der Waals surface area contributed by atoms with E-state index in [1.165, 1.54) is 40.9 Å². The van der Waals surface area contributed by atoms with Crippen LogP contribution in [0.15, 0.2) is 36.4 Å². The Hall–Kier alpha value is -3.06. The number of carbonyl (C=O) groups excluding carboxylic acids is 2. The van der Waals surface area contributed by atoms with Crippen molar-refractivity contribution in [3.63, 3.8) is 0 Å². The van der Waals surface area contributed by atoms with E-state index in [1.54, 1.807) is 7.11 Å². The fraction of sp³-hybridized carbons (Fsp3) is 0.500. The Labute approximate surface area is 206 Å². The van der Waals surface area contributed by atoms with E-state index in [0.29, 0.717) is 36.4 Å². The lowest BCUT2D eigenvalue weighted by Gasteiger charge is -2.42. The molecular weight excluding hydrogens is 444 g/mol. The zero-order valence-corrected chi connectivity index (χ0v) is 20.6. The largest absolute Gasteiger partial charge is 0.493 e. The zero-order chi connectivity index (χ0) is 24.4. The average Bonchev–Trinajstić information content (AvgIpc) is 3.43. The molecule has 0 bridgehead atoms. The second-order valence-electron chi connectivity index (χ2n) is 9.67. The summed E-state index contributed by atoms with van der Waals surface area (Å²) in [5, 5.41) is 0. The molecule has 5 rings (SSSR count). The number of fused-ring (bicyclic) bond motifs is 1. The zero-order valence-electron chi connectivity index (χ0n) is 20.6.